The van der Waals surface area contributed by atoms with Gasteiger partial charge >= 0.3 is 5.97 Å². The first-order valence-electron chi connectivity index (χ1n) is 5.37. The Balaban J connectivity index is 2.32. The molecule has 15 heavy (non-hydrogen) atoms. The number of aryl methyl sites for hydroxylation is 1. The summed E-state index contributed by atoms with van der Waals surface area (Å²) >= 11 is 0. The number of carbonyl (C=O) groups excluding carboxylic acids is 1. The minimum Gasteiger partial charge on any atom is -0.462 e. The molecule has 0 N–H and O–H groups in total. The smallest absolute Gasteiger partial charge is 0.339 e. The second-order valence-electron chi connectivity index (χ2n) is 3.88. The fraction of sp³-hybridized carbons (Fsp3) is 0.500. The van der Waals surface area contributed by atoms with Crippen molar-refractivity contribution in [1.29, 1.82) is 0 Å². The van der Waals surface area contributed by atoms with E-state index in [9.17, 15) is 4.79 Å². The third-order valence-corrected chi connectivity index (χ3v) is 2.52. The van der Waals surface area contributed by atoms with Crippen molar-refractivity contribution in [3.63, 3.8) is 0 Å². The van der Waals surface area contributed by atoms with Crippen LogP contribution in [0.3, 0.4) is 0 Å². The zero-order valence-corrected chi connectivity index (χ0v) is 9.12. The molecule has 1 heterocycles. The standard InChI is InChI=1S/C12H15NO2/c1-3-15-12(14)10-7-4-8(2)13-11(10)9-5-6-9/h4,7,9H,3,5-6H2,1-2H3. The molecule has 1 aliphatic carbocycles. The number of pyridine rings is 1. The van der Waals surface area contributed by atoms with Crippen LogP contribution in [-0.2, 0) is 4.74 Å². The first-order valence-corrected chi connectivity index (χ1v) is 5.37. The molecule has 0 amide bonds. The summed E-state index contributed by atoms with van der Waals surface area (Å²) in [5.74, 6) is 0.233. The highest BCUT2D eigenvalue weighted by Gasteiger charge is 2.30. The van der Waals surface area contributed by atoms with Gasteiger partial charge in [-0.05, 0) is 38.8 Å². The number of esters is 1. The number of hydrogen-bond acceptors (Lipinski definition) is 3. The van der Waals surface area contributed by atoms with Crippen molar-refractivity contribution >= 4 is 5.97 Å². The monoisotopic (exact) mass is 205 g/mol. The van der Waals surface area contributed by atoms with Gasteiger partial charge in [-0.2, -0.15) is 0 Å². The molecule has 0 bridgehead atoms. The normalized spacial score (nSPS) is 15.1. The van der Waals surface area contributed by atoms with Crippen LogP contribution in [0, 0.1) is 6.92 Å². The van der Waals surface area contributed by atoms with Gasteiger partial charge in [0.2, 0.25) is 0 Å². The number of rotatable bonds is 3. The minimum atomic E-state index is -0.244. The van der Waals surface area contributed by atoms with Gasteiger partial charge in [-0.15, -0.1) is 0 Å². The summed E-state index contributed by atoms with van der Waals surface area (Å²) in [7, 11) is 0. The molecule has 3 heteroatoms. The van der Waals surface area contributed by atoms with E-state index < -0.39 is 0 Å². The molecular formula is C12H15NO2. The molecule has 0 aromatic carbocycles. The van der Waals surface area contributed by atoms with Crippen molar-refractivity contribution in [2.45, 2.75) is 32.6 Å². The molecule has 0 spiro atoms. The molecule has 0 saturated heterocycles. The summed E-state index contributed by atoms with van der Waals surface area (Å²) < 4.78 is 5.01. The van der Waals surface area contributed by atoms with Gasteiger partial charge in [0.05, 0.1) is 17.9 Å². The summed E-state index contributed by atoms with van der Waals surface area (Å²) in [6.07, 6.45) is 2.28. The van der Waals surface area contributed by atoms with Crippen molar-refractivity contribution in [1.82, 2.24) is 4.98 Å². The maximum absolute atomic E-state index is 11.6. The van der Waals surface area contributed by atoms with Crippen LogP contribution in [0.1, 0.15) is 47.4 Å². The van der Waals surface area contributed by atoms with E-state index in [2.05, 4.69) is 4.98 Å². The molecule has 0 unspecified atom stereocenters. The van der Waals surface area contributed by atoms with Crippen molar-refractivity contribution < 1.29 is 9.53 Å². The minimum absolute atomic E-state index is 0.244. The third kappa shape index (κ3) is 2.17. The van der Waals surface area contributed by atoms with Crippen LogP contribution in [0.25, 0.3) is 0 Å². The number of carbonyl (C=O) groups is 1. The Morgan fingerprint density at radius 3 is 2.87 bits per heavy atom. The van der Waals surface area contributed by atoms with Crippen LogP contribution >= 0.6 is 0 Å². The lowest BCUT2D eigenvalue weighted by atomic mass is 10.1. The number of ether oxygens (including phenoxy) is 1. The molecule has 3 nitrogen and oxygen atoms in total. The van der Waals surface area contributed by atoms with Crippen LogP contribution < -0.4 is 0 Å². The molecule has 1 aliphatic rings. The summed E-state index contributed by atoms with van der Waals surface area (Å²) in [6.45, 7) is 4.17. The zero-order valence-electron chi connectivity index (χ0n) is 9.12. The largest absolute Gasteiger partial charge is 0.462 e. The average molecular weight is 205 g/mol. The lowest BCUT2D eigenvalue weighted by molar-refractivity contribution is 0.0524. The van der Waals surface area contributed by atoms with E-state index in [-0.39, 0.29) is 5.97 Å². The topological polar surface area (TPSA) is 39.2 Å². The van der Waals surface area contributed by atoms with E-state index in [1.807, 2.05) is 26.0 Å². The van der Waals surface area contributed by atoms with Gasteiger partial charge in [0, 0.05) is 11.6 Å². The highest BCUT2D eigenvalue weighted by molar-refractivity contribution is 5.90. The molecule has 1 saturated carbocycles. The molecule has 1 aromatic heterocycles. The van der Waals surface area contributed by atoms with Gasteiger partial charge in [-0.1, -0.05) is 0 Å². The van der Waals surface area contributed by atoms with Gasteiger partial charge in [-0.3, -0.25) is 4.98 Å². The van der Waals surface area contributed by atoms with E-state index in [4.69, 9.17) is 4.74 Å². The quantitative estimate of drug-likeness (QED) is 0.711. The second-order valence-corrected chi connectivity index (χ2v) is 3.88. The predicted octanol–water partition coefficient (Wildman–Crippen LogP) is 2.44. The van der Waals surface area contributed by atoms with Gasteiger partial charge in [0.1, 0.15) is 0 Å². The Bertz CT molecular complexity index is 383. The van der Waals surface area contributed by atoms with Crippen LogP contribution in [0.5, 0.6) is 0 Å². The van der Waals surface area contributed by atoms with E-state index in [0.717, 1.165) is 24.2 Å². The third-order valence-electron chi connectivity index (χ3n) is 2.52. The number of nitrogens with zero attached hydrogens (tertiary/aromatic N) is 1. The average Bonchev–Trinajstić information content (AvgIpc) is 3.01. The Morgan fingerprint density at radius 2 is 2.27 bits per heavy atom. The Labute approximate surface area is 89.5 Å². The lowest BCUT2D eigenvalue weighted by Gasteiger charge is -2.07. The zero-order chi connectivity index (χ0) is 10.8. The van der Waals surface area contributed by atoms with Crippen molar-refractivity contribution in [2.75, 3.05) is 6.61 Å². The van der Waals surface area contributed by atoms with Gasteiger partial charge in [0.25, 0.3) is 0 Å². The molecule has 1 aromatic rings. The van der Waals surface area contributed by atoms with Crippen LogP contribution in [0.2, 0.25) is 0 Å². The summed E-state index contributed by atoms with van der Waals surface area (Å²) in [4.78, 5) is 16.1. The van der Waals surface area contributed by atoms with Gasteiger partial charge in [-0.25, -0.2) is 4.79 Å². The van der Waals surface area contributed by atoms with Crippen LogP contribution in [0.4, 0.5) is 0 Å². The van der Waals surface area contributed by atoms with E-state index in [0.29, 0.717) is 18.1 Å². The molecule has 0 atom stereocenters. The molecule has 2 rings (SSSR count). The first-order chi connectivity index (χ1) is 7.22. The molecule has 1 fully saturated rings. The summed E-state index contributed by atoms with van der Waals surface area (Å²) in [5, 5.41) is 0. The van der Waals surface area contributed by atoms with Crippen LogP contribution in [0.15, 0.2) is 12.1 Å². The molecule has 80 valence electrons. The van der Waals surface area contributed by atoms with E-state index in [1.54, 1.807) is 0 Å². The highest BCUT2D eigenvalue weighted by Crippen LogP contribution is 2.40. The molecule has 0 aliphatic heterocycles. The Kier molecular flexibility index (Phi) is 2.71. The van der Waals surface area contributed by atoms with E-state index >= 15 is 0 Å². The first kappa shape index (κ1) is 10.1. The van der Waals surface area contributed by atoms with E-state index in [1.165, 1.54) is 0 Å². The van der Waals surface area contributed by atoms with Crippen molar-refractivity contribution in [3.8, 4) is 0 Å². The SMILES string of the molecule is CCOC(=O)c1ccc(C)nc1C1CC1. The van der Waals surface area contributed by atoms with Gasteiger partial charge < -0.3 is 4.74 Å². The second kappa shape index (κ2) is 4.01. The fourth-order valence-electron chi connectivity index (χ4n) is 1.63. The summed E-state index contributed by atoms with van der Waals surface area (Å²) in [6, 6.07) is 3.69. The Morgan fingerprint density at radius 1 is 1.53 bits per heavy atom. The summed E-state index contributed by atoms with van der Waals surface area (Å²) in [5.41, 5.74) is 2.53. The number of hydrogen-bond donors (Lipinski definition) is 0. The van der Waals surface area contributed by atoms with Gasteiger partial charge in [0.15, 0.2) is 0 Å². The fourth-order valence-corrected chi connectivity index (χ4v) is 1.63. The lowest BCUT2D eigenvalue weighted by Crippen LogP contribution is -2.09. The predicted molar refractivity (Wildman–Crippen MR) is 56.9 cm³/mol. The molecular weight excluding hydrogens is 190 g/mol. The Hall–Kier alpha value is -1.38. The van der Waals surface area contributed by atoms with Crippen molar-refractivity contribution in [2.24, 2.45) is 0 Å². The maximum atomic E-state index is 11.6. The van der Waals surface area contributed by atoms with Crippen LogP contribution in [-0.4, -0.2) is 17.6 Å². The maximum Gasteiger partial charge on any atom is 0.339 e. The highest BCUT2D eigenvalue weighted by atomic mass is 16.5. The number of aromatic nitrogens is 1. The molecule has 0 radical (unpaired) electrons. The van der Waals surface area contributed by atoms with Crippen molar-refractivity contribution in [3.05, 3.63) is 29.1 Å².